The summed E-state index contributed by atoms with van der Waals surface area (Å²) in [7, 11) is -2.03. The Hall–Kier alpha value is -1.15. The molecule has 0 aromatic heterocycles. The quantitative estimate of drug-likeness (QED) is 0.781. The molecule has 0 saturated heterocycles. The summed E-state index contributed by atoms with van der Waals surface area (Å²) in [5.41, 5.74) is 7.57. The standard InChI is InChI=1S/C13H20N2O4S/c1-9-7-10(20(16,17)15-4-6-18-2)8-11-12(14)3-5-19-13(9)11/h7-8,12,15H,3-6,14H2,1-2H3. The van der Waals surface area contributed by atoms with Gasteiger partial charge in [-0.25, -0.2) is 13.1 Å². The number of aryl methyl sites for hydroxylation is 1. The average molecular weight is 300 g/mol. The molecule has 1 aromatic rings. The number of hydrogen-bond acceptors (Lipinski definition) is 5. The number of rotatable bonds is 5. The Bertz CT molecular complexity index is 586. The first-order valence-electron chi connectivity index (χ1n) is 6.47. The van der Waals surface area contributed by atoms with E-state index in [-0.39, 0.29) is 17.5 Å². The molecule has 3 N–H and O–H groups in total. The summed E-state index contributed by atoms with van der Waals surface area (Å²) in [5, 5.41) is 0. The van der Waals surface area contributed by atoms with Crippen molar-refractivity contribution in [2.24, 2.45) is 5.73 Å². The highest BCUT2D eigenvalue weighted by molar-refractivity contribution is 7.89. The van der Waals surface area contributed by atoms with Crippen LogP contribution in [-0.4, -0.2) is 35.3 Å². The largest absolute Gasteiger partial charge is 0.493 e. The van der Waals surface area contributed by atoms with Crippen molar-refractivity contribution in [2.45, 2.75) is 24.3 Å². The highest BCUT2D eigenvalue weighted by Gasteiger charge is 2.24. The molecule has 1 unspecified atom stereocenters. The summed E-state index contributed by atoms with van der Waals surface area (Å²) in [4.78, 5) is 0.214. The van der Waals surface area contributed by atoms with Gasteiger partial charge in [0.25, 0.3) is 0 Å². The first-order chi connectivity index (χ1) is 9.45. The average Bonchev–Trinajstić information content (AvgIpc) is 2.40. The van der Waals surface area contributed by atoms with Crippen LogP contribution in [0.15, 0.2) is 17.0 Å². The van der Waals surface area contributed by atoms with Crippen LogP contribution in [0, 0.1) is 6.92 Å². The van der Waals surface area contributed by atoms with Crippen LogP contribution in [-0.2, 0) is 14.8 Å². The molecule has 0 aliphatic carbocycles. The van der Waals surface area contributed by atoms with E-state index in [0.717, 1.165) is 11.1 Å². The highest BCUT2D eigenvalue weighted by Crippen LogP contribution is 2.35. The van der Waals surface area contributed by atoms with E-state index in [0.29, 0.717) is 25.4 Å². The molecule has 1 aliphatic heterocycles. The number of fused-ring (bicyclic) bond motifs is 1. The maximum Gasteiger partial charge on any atom is 0.240 e. The number of hydrogen-bond donors (Lipinski definition) is 2. The van der Waals surface area contributed by atoms with E-state index < -0.39 is 10.0 Å². The number of nitrogens with one attached hydrogen (secondary N) is 1. The van der Waals surface area contributed by atoms with Gasteiger partial charge in [-0.15, -0.1) is 0 Å². The molecule has 0 bridgehead atoms. The fraction of sp³-hybridized carbons (Fsp3) is 0.538. The molecular formula is C13H20N2O4S. The van der Waals surface area contributed by atoms with Crippen LogP contribution >= 0.6 is 0 Å². The summed E-state index contributed by atoms with van der Waals surface area (Å²) < 4.78 is 37.3. The van der Waals surface area contributed by atoms with Crippen LogP contribution in [0.1, 0.15) is 23.6 Å². The molecule has 0 saturated carbocycles. The fourth-order valence-electron chi connectivity index (χ4n) is 2.20. The maximum absolute atomic E-state index is 12.2. The van der Waals surface area contributed by atoms with Crippen LogP contribution in [0.25, 0.3) is 0 Å². The van der Waals surface area contributed by atoms with E-state index >= 15 is 0 Å². The van der Waals surface area contributed by atoms with Gasteiger partial charge in [0.05, 0.1) is 18.1 Å². The summed E-state index contributed by atoms with van der Waals surface area (Å²) in [6.45, 7) is 2.95. The number of benzene rings is 1. The Morgan fingerprint density at radius 2 is 2.25 bits per heavy atom. The molecule has 1 aromatic carbocycles. The second-order valence-electron chi connectivity index (χ2n) is 4.79. The number of methoxy groups -OCH3 is 1. The van der Waals surface area contributed by atoms with Gasteiger partial charge in [-0.1, -0.05) is 0 Å². The highest BCUT2D eigenvalue weighted by atomic mass is 32.2. The van der Waals surface area contributed by atoms with Crippen LogP contribution in [0.4, 0.5) is 0 Å². The Labute approximate surface area is 119 Å². The van der Waals surface area contributed by atoms with E-state index in [1.807, 2.05) is 6.92 Å². The van der Waals surface area contributed by atoms with Gasteiger partial charge in [-0.05, 0) is 24.6 Å². The number of sulfonamides is 1. The first-order valence-corrected chi connectivity index (χ1v) is 7.95. The molecule has 0 spiro atoms. The van der Waals surface area contributed by atoms with E-state index in [1.54, 1.807) is 12.1 Å². The third kappa shape index (κ3) is 3.12. The molecule has 112 valence electrons. The number of ether oxygens (including phenoxy) is 2. The summed E-state index contributed by atoms with van der Waals surface area (Å²) in [6, 6.07) is 3.01. The zero-order valence-corrected chi connectivity index (χ0v) is 12.5. The molecule has 1 atom stereocenters. The Balaban J connectivity index is 2.34. The van der Waals surface area contributed by atoms with Gasteiger partial charge in [0, 0.05) is 31.7 Å². The maximum atomic E-state index is 12.2. The molecule has 20 heavy (non-hydrogen) atoms. The lowest BCUT2D eigenvalue weighted by molar-refractivity contribution is 0.204. The van der Waals surface area contributed by atoms with Crippen LogP contribution < -0.4 is 15.2 Å². The number of nitrogens with two attached hydrogens (primary N) is 1. The minimum Gasteiger partial charge on any atom is -0.493 e. The van der Waals surface area contributed by atoms with Crippen molar-refractivity contribution < 1.29 is 17.9 Å². The van der Waals surface area contributed by atoms with Crippen molar-refractivity contribution in [1.82, 2.24) is 4.72 Å². The Morgan fingerprint density at radius 1 is 1.50 bits per heavy atom. The molecule has 0 radical (unpaired) electrons. The van der Waals surface area contributed by atoms with Gasteiger partial charge in [0.15, 0.2) is 0 Å². The van der Waals surface area contributed by atoms with E-state index in [1.165, 1.54) is 7.11 Å². The summed E-state index contributed by atoms with van der Waals surface area (Å²) in [5.74, 6) is 0.708. The van der Waals surface area contributed by atoms with Crippen molar-refractivity contribution >= 4 is 10.0 Å². The molecule has 0 fully saturated rings. The second kappa shape index (κ2) is 6.09. The topological polar surface area (TPSA) is 90.7 Å². The smallest absolute Gasteiger partial charge is 0.240 e. The molecule has 0 amide bonds. The molecule has 7 heteroatoms. The lowest BCUT2D eigenvalue weighted by Gasteiger charge is -2.25. The summed E-state index contributed by atoms with van der Waals surface area (Å²) in [6.07, 6.45) is 0.688. The van der Waals surface area contributed by atoms with Gasteiger partial charge in [-0.2, -0.15) is 0 Å². The zero-order valence-electron chi connectivity index (χ0n) is 11.7. The molecule has 1 aliphatic rings. The van der Waals surface area contributed by atoms with Gasteiger partial charge in [0.1, 0.15) is 5.75 Å². The predicted octanol–water partition coefficient (Wildman–Crippen LogP) is 0.702. The van der Waals surface area contributed by atoms with Crippen molar-refractivity contribution in [3.63, 3.8) is 0 Å². The van der Waals surface area contributed by atoms with Gasteiger partial charge < -0.3 is 15.2 Å². The van der Waals surface area contributed by atoms with E-state index in [2.05, 4.69) is 4.72 Å². The van der Waals surface area contributed by atoms with Crippen LogP contribution in [0.5, 0.6) is 5.75 Å². The van der Waals surface area contributed by atoms with Gasteiger partial charge in [0.2, 0.25) is 10.0 Å². The molecule has 6 nitrogen and oxygen atoms in total. The van der Waals surface area contributed by atoms with Gasteiger partial charge >= 0.3 is 0 Å². The zero-order chi connectivity index (χ0) is 14.8. The van der Waals surface area contributed by atoms with E-state index in [4.69, 9.17) is 15.2 Å². The van der Waals surface area contributed by atoms with Crippen molar-refractivity contribution in [3.05, 3.63) is 23.3 Å². The van der Waals surface area contributed by atoms with Crippen molar-refractivity contribution in [1.29, 1.82) is 0 Å². The van der Waals surface area contributed by atoms with Crippen molar-refractivity contribution in [2.75, 3.05) is 26.9 Å². The first kappa shape index (κ1) is 15.2. The Morgan fingerprint density at radius 3 is 2.95 bits per heavy atom. The fourth-order valence-corrected chi connectivity index (χ4v) is 3.33. The third-order valence-electron chi connectivity index (χ3n) is 3.26. The second-order valence-corrected chi connectivity index (χ2v) is 6.56. The van der Waals surface area contributed by atoms with Crippen LogP contribution in [0.2, 0.25) is 0 Å². The third-order valence-corrected chi connectivity index (χ3v) is 4.70. The minimum absolute atomic E-state index is 0.188. The normalized spacial score (nSPS) is 18.4. The van der Waals surface area contributed by atoms with Crippen LogP contribution in [0.3, 0.4) is 0 Å². The molecule has 1 heterocycles. The predicted molar refractivity (Wildman–Crippen MR) is 75.3 cm³/mol. The minimum atomic E-state index is -3.55. The molecular weight excluding hydrogens is 280 g/mol. The molecule has 2 rings (SSSR count). The van der Waals surface area contributed by atoms with E-state index in [9.17, 15) is 8.42 Å². The lowest BCUT2D eigenvalue weighted by Crippen LogP contribution is -2.28. The van der Waals surface area contributed by atoms with Crippen molar-refractivity contribution in [3.8, 4) is 5.75 Å². The summed E-state index contributed by atoms with van der Waals surface area (Å²) >= 11 is 0. The SMILES string of the molecule is COCCNS(=O)(=O)c1cc(C)c2c(c1)C(N)CCO2. The lowest BCUT2D eigenvalue weighted by atomic mass is 9.99. The monoisotopic (exact) mass is 300 g/mol. The van der Waals surface area contributed by atoms with Gasteiger partial charge in [-0.3, -0.25) is 0 Å². The Kier molecular flexibility index (Phi) is 4.64.